The van der Waals surface area contributed by atoms with Crippen LogP contribution in [0.2, 0.25) is 0 Å². The molecule has 8 heteroatoms. The van der Waals surface area contributed by atoms with E-state index in [1.165, 1.54) is 7.11 Å². The van der Waals surface area contributed by atoms with E-state index >= 15 is 0 Å². The molecular weight excluding hydrogens is 256 g/mol. The van der Waals surface area contributed by atoms with Gasteiger partial charge in [0.15, 0.2) is 0 Å². The molecule has 0 aliphatic carbocycles. The molecule has 0 saturated heterocycles. The molecule has 0 aromatic carbocycles. The molecule has 19 heavy (non-hydrogen) atoms. The number of carboxylic acid groups (broad SMARTS) is 1. The van der Waals surface area contributed by atoms with E-state index in [0.717, 1.165) is 4.90 Å². The lowest BCUT2D eigenvalue weighted by molar-refractivity contribution is -0.141. The number of urea groups is 1. The molecule has 0 aromatic rings. The van der Waals surface area contributed by atoms with Crippen molar-refractivity contribution in [3.05, 3.63) is 12.2 Å². The number of nitrogens with one attached hydrogen (secondary N) is 1. The van der Waals surface area contributed by atoms with Crippen LogP contribution in [0.3, 0.4) is 0 Å². The topological polar surface area (TPSA) is 113 Å². The summed E-state index contributed by atoms with van der Waals surface area (Å²) in [5.41, 5.74) is 0. The maximum Gasteiger partial charge on any atom is 0.328 e. The smallest absolute Gasteiger partial charge is 0.328 e. The van der Waals surface area contributed by atoms with Crippen molar-refractivity contribution in [1.82, 2.24) is 10.2 Å². The van der Waals surface area contributed by atoms with Gasteiger partial charge < -0.3 is 14.7 Å². The predicted molar refractivity (Wildman–Crippen MR) is 64.2 cm³/mol. The summed E-state index contributed by atoms with van der Waals surface area (Å²) in [6, 6.07) is -0.785. The molecule has 2 N–H and O–H groups in total. The van der Waals surface area contributed by atoms with Gasteiger partial charge in [0.05, 0.1) is 7.11 Å². The van der Waals surface area contributed by atoms with E-state index in [-0.39, 0.29) is 13.1 Å². The number of hydrogen-bond acceptors (Lipinski definition) is 5. The van der Waals surface area contributed by atoms with Crippen LogP contribution in [0.1, 0.15) is 13.3 Å². The molecule has 0 aliphatic heterocycles. The van der Waals surface area contributed by atoms with Gasteiger partial charge in [0, 0.05) is 18.7 Å². The fourth-order valence-electron chi connectivity index (χ4n) is 1.12. The molecule has 0 aromatic heterocycles. The SMILES string of the molecule is CCCN(CC(=O)OC)C(=O)NC(=O)C=CC(=O)O. The molecule has 3 amide bonds. The highest BCUT2D eigenvalue weighted by molar-refractivity contribution is 6.03. The van der Waals surface area contributed by atoms with Crippen LogP contribution < -0.4 is 5.32 Å². The zero-order valence-corrected chi connectivity index (χ0v) is 10.7. The molecule has 0 unspecified atom stereocenters. The number of carboxylic acids is 1. The lowest BCUT2D eigenvalue weighted by atomic mass is 10.4. The number of esters is 1. The van der Waals surface area contributed by atoms with Gasteiger partial charge in [-0.05, 0) is 6.42 Å². The van der Waals surface area contributed by atoms with Crippen molar-refractivity contribution in [3.8, 4) is 0 Å². The summed E-state index contributed by atoms with van der Waals surface area (Å²) < 4.78 is 4.42. The normalized spacial score (nSPS) is 10.0. The third-order valence-corrected chi connectivity index (χ3v) is 1.94. The van der Waals surface area contributed by atoms with Crippen LogP contribution in [-0.2, 0) is 19.1 Å². The molecule has 0 aliphatic rings. The van der Waals surface area contributed by atoms with Gasteiger partial charge in [-0.15, -0.1) is 0 Å². The van der Waals surface area contributed by atoms with Crippen molar-refractivity contribution < 1.29 is 29.0 Å². The molecule has 8 nitrogen and oxygen atoms in total. The lowest BCUT2D eigenvalue weighted by Crippen LogP contribution is -2.45. The number of imide groups is 1. The standard InChI is InChI=1S/C11H16N2O6/c1-3-6-13(7-10(17)19-2)11(18)12-8(14)4-5-9(15)16/h4-5H,3,6-7H2,1-2H3,(H,15,16)(H,12,14,18). The average Bonchev–Trinajstić information content (AvgIpc) is 2.35. The van der Waals surface area contributed by atoms with Crippen molar-refractivity contribution in [2.24, 2.45) is 0 Å². The zero-order chi connectivity index (χ0) is 14.8. The summed E-state index contributed by atoms with van der Waals surface area (Å²) in [6.45, 7) is 1.77. The fraction of sp³-hybridized carbons (Fsp3) is 0.455. The van der Waals surface area contributed by atoms with Crippen LogP contribution in [0.5, 0.6) is 0 Å². The van der Waals surface area contributed by atoms with Crippen LogP contribution in [0.15, 0.2) is 12.2 Å². The van der Waals surface area contributed by atoms with Gasteiger partial charge in [0.2, 0.25) is 0 Å². The first-order valence-electron chi connectivity index (χ1n) is 5.48. The zero-order valence-electron chi connectivity index (χ0n) is 10.7. The first kappa shape index (κ1) is 16.6. The van der Waals surface area contributed by atoms with Crippen LogP contribution in [0.4, 0.5) is 4.79 Å². The Morgan fingerprint density at radius 1 is 1.26 bits per heavy atom. The van der Waals surface area contributed by atoms with E-state index in [9.17, 15) is 19.2 Å². The molecule has 0 bridgehead atoms. The van der Waals surface area contributed by atoms with E-state index in [0.29, 0.717) is 18.6 Å². The molecule has 0 fully saturated rings. The lowest BCUT2D eigenvalue weighted by Gasteiger charge is -2.20. The number of carbonyl (C=O) groups is 4. The monoisotopic (exact) mass is 272 g/mol. The number of amides is 3. The first-order valence-corrected chi connectivity index (χ1v) is 5.48. The largest absolute Gasteiger partial charge is 0.478 e. The molecule has 106 valence electrons. The number of hydrogen-bond donors (Lipinski definition) is 2. The molecule has 0 rings (SSSR count). The van der Waals surface area contributed by atoms with Gasteiger partial charge in [0.25, 0.3) is 5.91 Å². The highest BCUT2D eigenvalue weighted by atomic mass is 16.5. The quantitative estimate of drug-likeness (QED) is 0.509. The number of carbonyl (C=O) groups excluding carboxylic acids is 3. The number of rotatable bonds is 6. The maximum atomic E-state index is 11.6. The molecule has 0 radical (unpaired) electrons. The first-order chi connectivity index (χ1) is 8.90. The summed E-state index contributed by atoms with van der Waals surface area (Å²) in [5, 5.41) is 10.3. The van der Waals surface area contributed by atoms with E-state index < -0.39 is 23.9 Å². The van der Waals surface area contributed by atoms with E-state index in [1.807, 2.05) is 5.32 Å². The Morgan fingerprint density at radius 2 is 1.89 bits per heavy atom. The summed E-state index contributed by atoms with van der Waals surface area (Å²) in [7, 11) is 1.19. The summed E-state index contributed by atoms with van der Waals surface area (Å²) >= 11 is 0. The Kier molecular flexibility index (Phi) is 7.59. The molecular formula is C11H16N2O6. The molecule has 0 spiro atoms. The number of methoxy groups -OCH3 is 1. The minimum Gasteiger partial charge on any atom is -0.478 e. The van der Waals surface area contributed by atoms with Crippen LogP contribution in [-0.4, -0.2) is 54.1 Å². The molecule has 0 saturated carbocycles. The number of ether oxygens (including phenoxy) is 1. The molecule has 0 atom stereocenters. The highest BCUT2D eigenvalue weighted by Crippen LogP contribution is 1.94. The van der Waals surface area contributed by atoms with Crippen LogP contribution >= 0.6 is 0 Å². The summed E-state index contributed by atoms with van der Waals surface area (Å²) in [5.74, 6) is -2.79. The Morgan fingerprint density at radius 3 is 2.37 bits per heavy atom. The van der Waals surface area contributed by atoms with Crippen molar-refractivity contribution in [3.63, 3.8) is 0 Å². The fourth-order valence-corrected chi connectivity index (χ4v) is 1.12. The average molecular weight is 272 g/mol. The van der Waals surface area contributed by atoms with E-state index in [4.69, 9.17) is 5.11 Å². The summed E-state index contributed by atoms with van der Waals surface area (Å²) in [4.78, 5) is 45.2. The molecule has 0 heterocycles. The number of aliphatic carboxylic acids is 1. The van der Waals surface area contributed by atoms with Crippen LogP contribution in [0.25, 0.3) is 0 Å². The Bertz CT molecular complexity index is 391. The second kappa shape index (κ2) is 8.67. The van der Waals surface area contributed by atoms with Crippen molar-refractivity contribution in [1.29, 1.82) is 0 Å². The van der Waals surface area contributed by atoms with Gasteiger partial charge in [-0.2, -0.15) is 0 Å². The Balaban J connectivity index is 4.51. The van der Waals surface area contributed by atoms with Gasteiger partial charge in [0.1, 0.15) is 6.54 Å². The second-order valence-electron chi connectivity index (χ2n) is 3.46. The third kappa shape index (κ3) is 7.53. The highest BCUT2D eigenvalue weighted by Gasteiger charge is 2.17. The van der Waals surface area contributed by atoms with Crippen LogP contribution in [0, 0.1) is 0 Å². The van der Waals surface area contributed by atoms with Gasteiger partial charge in [-0.25, -0.2) is 9.59 Å². The second-order valence-corrected chi connectivity index (χ2v) is 3.46. The minimum absolute atomic E-state index is 0.261. The summed E-state index contributed by atoms with van der Waals surface area (Å²) in [6.07, 6.45) is 1.90. The Hall–Kier alpha value is -2.38. The van der Waals surface area contributed by atoms with Gasteiger partial charge in [-0.1, -0.05) is 6.92 Å². The van der Waals surface area contributed by atoms with Gasteiger partial charge >= 0.3 is 18.0 Å². The van der Waals surface area contributed by atoms with E-state index in [2.05, 4.69) is 4.74 Å². The van der Waals surface area contributed by atoms with Crippen molar-refractivity contribution in [2.45, 2.75) is 13.3 Å². The Labute approximate surface area is 110 Å². The maximum absolute atomic E-state index is 11.6. The van der Waals surface area contributed by atoms with Crippen molar-refractivity contribution >= 4 is 23.9 Å². The van der Waals surface area contributed by atoms with Crippen molar-refractivity contribution in [2.75, 3.05) is 20.2 Å². The number of nitrogens with zero attached hydrogens (tertiary/aromatic N) is 1. The minimum atomic E-state index is -1.30. The predicted octanol–water partition coefficient (Wildman–Crippen LogP) is -0.252. The third-order valence-electron chi connectivity index (χ3n) is 1.94. The van der Waals surface area contributed by atoms with E-state index in [1.54, 1.807) is 6.92 Å². The van der Waals surface area contributed by atoms with Gasteiger partial charge in [-0.3, -0.25) is 14.9 Å².